The summed E-state index contributed by atoms with van der Waals surface area (Å²) in [6.07, 6.45) is 0. The van der Waals surface area contributed by atoms with Gasteiger partial charge in [0.25, 0.3) is 11.8 Å². The molecule has 2 aliphatic heterocycles. The van der Waals surface area contributed by atoms with Gasteiger partial charge in [0.05, 0.1) is 17.3 Å². The van der Waals surface area contributed by atoms with Gasteiger partial charge in [0.1, 0.15) is 11.5 Å². The van der Waals surface area contributed by atoms with Crippen molar-refractivity contribution >= 4 is 29.1 Å². The van der Waals surface area contributed by atoms with E-state index < -0.39 is 0 Å². The topological polar surface area (TPSA) is 61.7 Å². The maximum absolute atomic E-state index is 13.5. The highest BCUT2D eigenvalue weighted by Crippen LogP contribution is 2.26. The maximum Gasteiger partial charge on any atom is 0.274 e. The van der Waals surface area contributed by atoms with E-state index in [1.165, 1.54) is 12.1 Å². The number of halogens is 2. The number of amides is 2. The highest BCUT2D eigenvalue weighted by atomic mass is 35.5. The Morgan fingerprint density at radius 3 is 2.52 bits per heavy atom. The minimum absolute atomic E-state index is 0.180. The van der Waals surface area contributed by atoms with Gasteiger partial charge in [0, 0.05) is 45.3 Å². The summed E-state index contributed by atoms with van der Waals surface area (Å²) in [5.74, 6) is -0.717. The molecule has 0 spiro atoms. The molecule has 3 heterocycles. The molecule has 0 N–H and O–H groups in total. The highest BCUT2D eigenvalue weighted by molar-refractivity contribution is 6.33. The van der Waals surface area contributed by atoms with Gasteiger partial charge in [-0.1, -0.05) is 35.9 Å². The van der Waals surface area contributed by atoms with Crippen molar-refractivity contribution in [3.8, 4) is 0 Å². The molecule has 0 saturated carbocycles. The molecule has 1 aromatic heterocycles. The van der Waals surface area contributed by atoms with Gasteiger partial charge in [0.2, 0.25) is 0 Å². The predicted molar refractivity (Wildman–Crippen MR) is 123 cm³/mol. The van der Waals surface area contributed by atoms with E-state index in [1.54, 1.807) is 32.7 Å². The summed E-state index contributed by atoms with van der Waals surface area (Å²) in [5.41, 5.74) is 2.35. The Kier molecular flexibility index (Phi) is 5.76. The lowest BCUT2D eigenvalue weighted by molar-refractivity contribution is 0.0680. The second-order valence-corrected chi connectivity index (χ2v) is 8.63. The molecule has 1 fully saturated rings. The first kappa shape index (κ1) is 21.5. The average molecular weight is 468 g/mol. The predicted octanol–water partition coefficient (Wildman–Crippen LogP) is 3.29. The van der Waals surface area contributed by atoms with Crippen molar-refractivity contribution < 1.29 is 14.0 Å². The van der Waals surface area contributed by atoms with Gasteiger partial charge in [-0.2, -0.15) is 5.10 Å². The van der Waals surface area contributed by atoms with Crippen molar-refractivity contribution in [2.75, 3.05) is 37.6 Å². The first-order valence-corrected chi connectivity index (χ1v) is 11.3. The van der Waals surface area contributed by atoms with Crippen molar-refractivity contribution in [1.82, 2.24) is 19.6 Å². The fraction of sp³-hybridized carbons (Fsp3) is 0.292. The molecule has 0 unspecified atom stereocenters. The molecule has 2 amide bonds. The van der Waals surface area contributed by atoms with Crippen LogP contribution in [0.1, 0.15) is 26.5 Å². The fourth-order valence-corrected chi connectivity index (χ4v) is 4.63. The van der Waals surface area contributed by atoms with Gasteiger partial charge >= 0.3 is 0 Å². The Balaban J connectivity index is 1.25. The number of nitrogens with zero attached hydrogens (tertiary/aromatic N) is 5. The number of anilines is 1. The SMILES string of the molecule is O=C(c1cc2n(n1)CCN(Cc1cccc(F)c1)C2=O)N1CCN(c2ccccc2Cl)CC1. The molecule has 0 radical (unpaired) electrons. The summed E-state index contributed by atoms with van der Waals surface area (Å²) >= 11 is 6.31. The second kappa shape index (κ2) is 8.86. The number of carbonyl (C=O) groups excluding carboxylic acids is 2. The summed E-state index contributed by atoms with van der Waals surface area (Å²) in [6.45, 7) is 3.69. The summed E-state index contributed by atoms with van der Waals surface area (Å²) in [7, 11) is 0. The molecular formula is C24H23ClFN5O2. The summed E-state index contributed by atoms with van der Waals surface area (Å²) in [5, 5.41) is 5.10. The molecular weight excluding hydrogens is 445 g/mol. The number of piperazine rings is 1. The van der Waals surface area contributed by atoms with Gasteiger partial charge in [-0.25, -0.2) is 4.39 Å². The number of hydrogen-bond acceptors (Lipinski definition) is 4. The van der Waals surface area contributed by atoms with E-state index in [4.69, 9.17) is 11.6 Å². The van der Waals surface area contributed by atoms with Gasteiger partial charge in [-0.05, 0) is 29.8 Å². The van der Waals surface area contributed by atoms with E-state index in [2.05, 4.69) is 10.00 Å². The molecule has 0 aliphatic carbocycles. The van der Waals surface area contributed by atoms with E-state index in [9.17, 15) is 14.0 Å². The highest BCUT2D eigenvalue weighted by Gasteiger charge is 2.30. The number of fused-ring (bicyclic) bond motifs is 1. The number of rotatable bonds is 4. The molecule has 0 bridgehead atoms. The third-order valence-corrected chi connectivity index (χ3v) is 6.43. The molecule has 33 heavy (non-hydrogen) atoms. The van der Waals surface area contributed by atoms with Gasteiger partial charge in [-0.3, -0.25) is 14.3 Å². The monoisotopic (exact) mass is 467 g/mol. The number of benzene rings is 2. The van der Waals surface area contributed by atoms with Crippen LogP contribution in [-0.4, -0.2) is 64.1 Å². The lowest BCUT2D eigenvalue weighted by Crippen LogP contribution is -2.49. The third kappa shape index (κ3) is 4.30. The Labute approximate surface area is 195 Å². The molecule has 5 rings (SSSR count). The van der Waals surface area contributed by atoms with E-state index in [1.807, 2.05) is 24.3 Å². The van der Waals surface area contributed by atoms with Crippen molar-refractivity contribution in [1.29, 1.82) is 0 Å². The molecule has 170 valence electrons. The van der Waals surface area contributed by atoms with Crippen LogP contribution < -0.4 is 4.90 Å². The summed E-state index contributed by atoms with van der Waals surface area (Å²) in [6, 6.07) is 15.5. The van der Waals surface area contributed by atoms with Crippen molar-refractivity contribution in [2.45, 2.75) is 13.1 Å². The zero-order valence-corrected chi connectivity index (χ0v) is 18.7. The molecule has 2 aliphatic rings. The molecule has 0 atom stereocenters. The Hall–Kier alpha value is -3.39. The standard InChI is InChI=1S/C24H23ClFN5O2/c25-19-6-1-2-7-21(19)28-8-10-29(11-9-28)23(32)20-15-22-24(33)30(12-13-31(22)27-20)16-17-4-3-5-18(26)14-17/h1-7,14-15H,8-13,16H2. The van der Waals surface area contributed by atoms with Gasteiger partial charge < -0.3 is 14.7 Å². The normalized spacial score (nSPS) is 16.2. The minimum Gasteiger partial charge on any atom is -0.367 e. The molecule has 2 aromatic carbocycles. The van der Waals surface area contributed by atoms with Crippen molar-refractivity contribution in [3.05, 3.63) is 82.4 Å². The Bertz CT molecular complexity index is 1210. The van der Waals surface area contributed by atoms with E-state index in [-0.39, 0.29) is 23.3 Å². The van der Waals surface area contributed by atoms with Crippen LogP contribution in [0.2, 0.25) is 5.02 Å². The number of para-hydroxylation sites is 1. The summed E-state index contributed by atoms with van der Waals surface area (Å²) in [4.78, 5) is 31.6. The number of aromatic nitrogens is 2. The van der Waals surface area contributed by atoms with Gasteiger partial charge in [0.15, 0.2) is 5.69 Å². The van der Waals surface area contributed by atoms with Crippen molar-refractivity contribution in [3.63, 3.8) is 0 Å². The van der Waals surface area contributed by atoms with Crippen LogP contribution in [0.25, 0.3) is 0 Å². The van der Waals surface area contributed by atoms with E-state index >= 15 is 0 Å². The average Bonchev–Trinajstić information content (AvgIpc) is 3.26. The molecule has 9 heteroatoms. The smallest absolute Gasteiger partial charge is 0.274 e. The summed E-state index contributed by atoms with van der Waals surface area (Å²) < 4.78 is 15.1. The second-order valence-electron chi connectivity index (χ2n) is 8.23. The van der Waals surface area contributed by atoms with Crippen LogP contribution in [0.4, 0.5) is 10.1 Å². The zero-order chi connectivity index (χ0) is 22.9. The molecule has 1 saturated heterocycles. The van der Waals surface area contributed by atoms with Gasteiger partial charge in [-0.15, -0.1) is 0 Å². The largest absolute Gasteiger partial charge is 0.367 e. The Morgan fingerprint density at radius 1 is 0.970 bits per heavy atom. The lowest BCUT2D eigenvalue weighted by Gasteiger charge is -2.36. The minimum atomic E-state index is -0.329. The Morgan fingerprint density at radius 2 is 1.76 bits per heavy atom. The zero-order valence-electron chi connectivity index (χ0n) is 18.0. The van der Waals surface area contributed by atoms with Crippen LogP contribution in [0.5, 0.6) is 0 Å². The van der Waals surface area contributed by atoms with E-state index in [0.717, 1.165) is 11.3 Å². The van der Waals surface area contributed by atoms with Crippen molar-refractivity contribution in [2.24, 2.45) is 0 Å². The van der Waals surface area contributed by atoms with Crippen LogP contribution in [0.3, 0.4) is 0 Å². The lowest BCUT2D eigenvalue weighted by atomic mass is 10.1. The first-order valence-electron chi connectivity index (χ1n) is 10.9. The van der Waals surface area contributed by atoms with E-state index in [0.29, 0.717) is 56.5 Å². The fourth-order valence-electron chi connectivity index (χ4n) is 4.37. The molecule has 7 nitrogen and oxygen atoms in total. The van der Waals surface area contributed by atoms with Crippen LogP contribution in [0, 0.1) is 5.82 Å². The molecule has 3 aromatic rings. The quantitative estimate of drug-likeness (QED) is 0.590. The maximum atomic E-state index is 13.5. The third-order valence-electron chi connectivity index (χ3n) is 6.11. The van der Waals surface area contributed by atoms with Crippen LogP contribution in [-0.2, 0) is 13.1 Å². The number of carbonyl (C=O) groups is 2. The van der Waals surface area contributed by atoms with Crippen LogP contribution >= 0.6 is 11.6 Å². The van der Waals surface area contributed by atoms with Crippen LogP contribution in [0.15, 0.2) is 54.6 Å². The first-order chi connectivity index (χ1) is 16.0. The number of hydrogen-bond donors (Lipinski definition) is 0.